The molecular formula is C15H23NO4. The molecule has 112 valence electrons. The van der Waals surface area contributed by atoms with E-state index < -0.39 is 18.0 Å². The maximum atomic E-state index is 10.7. The predicted octanol–water partition coefficient (Wildman–Crippen LogP) is 0.733. The van der Waals surface area contributed by atoms with Gasteiger partial charge in [-0.05, 0) is 43.8 Å². The van der Waals surface area contributed by atoms with Gasteiger partial charge in [0, 0.05) is 19.6 Å². The highest BCUT2D eigenvalue weighted by atomic mass is 16.8. The number of likely N-dealkylation sites (tertiary alicyclic amines) is 1. The van der Waals surface area contributed by atoms with Gasteiger partial charge in [0.25, 0.3) is 0 Å². The molecule has 5 fully saturated rings. The smallest absolute Gasteiger partial charge is 0.183 e. The second-order valence-electron chi connectivity index (χ2n) is 6.59. The standard InChI is InChI=1S/C15H23NO4/c1-9-10-7-11(17)15(8-16-5-3-4-6-16)12(10)14(18-2)19-13(9)20-15/h10-14,17H,1,3-8H2,2H3/t10?,11-,12?,13?,14+,15?/m1/s1. The third-order valence-electron chi connectivity index (χ3n) is 5.60. The number of nitrogens with zero attached hydrogens (tertiary/aromatic N) is 1. The first-order chi connectivity index (χ1) is 9.65. The molecule has 5 nitrogen and oxygen atoms in total. The molecule has 0 spiro atoms. The molecule has 0 aromatic heterocycles. The maximum absolute atomic E-state index is 10.7. The van der Waals surface area contributed by atoms with Crippen LogP contribution in [0.5, 0.6) is 0 Å². The maximum Gasteiger partial charge on any atom is 0.183 e. The van der Waals surface area contributed by atoms with Crippen LogP contribution in [0.3, 0.4) is 0 Å². The Hall–Kier alpha value is -0.460. The first-order valence-corrected chi connectivity index (χ1v) is 7.61. The second-order valence-corrected chi connectivity index (χ2v) is 6.59. The minimum atomic E-state index is -0.542. The number of ether oxygens (including phenoxy) is 3. The summed E-state index contributed by atoms with van der Waals surface area (Å²) in [5.41, 5.74) is 0.427. The topological polar surface area (TPSA) is 51.2 Å². The molecular weight excluding hydrogens is 258 g/mol. The number of rotatable bonds is 3. The summed E-state index contributed by atoms with van der Waals surface area (Å²) in [5, 5.41) is 10.7. The monoisotopic (exact) mass is 281 g/mol. The van der Waals surface area contributed by atoms with Gasteiger partial charge in [0.1, 0.15) is 5.60 Å². The lowest BCUT2D eigenvalue weighted by Gasteiger charge is -2.54. The summed E-state index contributed by atoms with van der Waals surface area (Å²) in [6, 6.07) is 0. The number of aliphatic hydroxyl groups is 1. The molecule has 1 aliphatic carbocycles. The molecule has 5 heteroatoms. The lowest BCUT2D eigenvalue weighted by molar-refractivity contribution is -0.375. The van der Waals surface area contributed by atoms with Crippen LogP contribution < -0.4 is 0 Å². The average Bonchev–Trinajstić information content (AvgIpc) is 3.02. The SMILES string of the molecule is C=C1C2O[C@H](OC)C3C1C[C@@H](O)C3(CN1CCCC1)O2. The molecule has 4 saturated heterocycles. The molecule has 4 aliphatic heterocycles. The zero-order chi connectivity index (χ0) is 13.9. The molecule has 4 heterocycles. The molecule has 6 atom stereocenters. The van der Waals surface area contributed by atoms with Gasteiger partial charge in [-0.25, -0.2) is 0 Å². The molecule has 1 saturated carbocycles. The van der Waals surface area contributed by atoms with Crippen LogP contribution >= 0.6 is 0 Å². The van der Waals surface area contributed by atoms with Gasteiger partial charge in [0.2, 0.25) is 0 Å². The fourth-order valence-corrected chi connectivity index (χ4v) is 4.62. The van der Waals surface area contributed by atoms with Crippen molar-refractivity contribution >= 4 is 0 Å². The third-order valence-corrected chi connectivity index (χ3v) is 5.60. The number of methoxy groups -OCH3 is 1. The fraction of sp³-hybridized carbons (Fsp3) is 0.867. The summed E-state index contributed by atoms with van der Waals surface area (Å²) in [7, 11) is 1.67. The summed E-state index contributed by atoms with van der Waals surface area (Å²) in [5.74, 6) is 0.311. The van der Waals surface area contributed by atoms with Gasteiger partial charge in [0.05, 0.1) is 6.10 Å². The Labute approximate surface area is 119 Å². The van der Waals surface area contributed by atoms with Crippen LogP contribution in [0.2, 0.25) is 0 Å². The summed E-state index contributed by atoms with van der Waals surface area (Å²) in [6.07, 6.45) is 2.03. The molecule has 0 aromatic rings. The molecule has 20 heavy (non-hydrogen) atoms. The van der Waals surface area contributed by atoms with Crippen molar-refractivity contribution in [3.05, 3.63) is 12.2 Å². The van der Waals surface area contributed by atoms with Crippen molar-refractivity contribution in [2.24, 2.45) is 11.8 Å². The van der Waals surface area contributed by atoms with E-state index in [1.807, 2.05) is 0 Å². The van der Waals surface area contributed by atoms with E-state index in [1.165, 1.54) is 12.8 Å². The molecule has 1 N–H and O–H groups in total. The van der Waals surface area contributed by atoms with Gasteiger partial charge >= 0.3 is 0 Å². The normalized spacial score (nSPS) is 51.1. The zero-order valence-electron chi connectivity index (χ0n) is 12.0. The lowest BCUT2D eigenvalue weighted by atomic mass is 9.76. The van der Waals surface area contributed by atoms with Gasteiger partial charge < -0.3 is 24.2 Å². The molecule has 4 bridgehead atoms. The van der Waals surface area contributed by atoms with Crippen molar-refractivity contribution in [3.8, 4) is 0 Å². The largest absolute Gasteiger partial charge is 0.390 e. The van der Waals surface area contributed by atoms with Gasteiger partial charge in [-0.3, -0.25) is 0 Å². The quantitative estimate of drug-likeness (QED) is 0.773. The second kappa shape index (κ2) is 4.52. The summed E-state index contributed by atoms with van der Waals surface area (Å²) < 4.78 is 17.5. The van der Waals surface area contributed by atoms with E-state index in [4.69, 9.17) is 14.2 Å². The van der Waals surface area contributed by atoms with Crippen LogP contribution in [-0.4, -0.2) is 61.0 Å². The van der Waals surface area contributed by atoms with E-state index in [0.29, 0.717) is 0 Å². The van der Waals surface area contributed by atoms with Crippen LogP contribution in [0, 0.1) is 11.8 Å². The van der Waals surface area contributed by atoms with Gasteiger partial charge in [0.15, 0.2) is 12.6 Å². The summed E-state index contributed by atoms with van der Waals surface area (Å²) in [6.45, 7) is 7.08. The van der Waals surface area contributed by atoms with Crippen LogP contribution in [0.1, 0.15) is 19.3 Å². The Morgan fingerprint density at radius 2 is 2.20 bits per heavy atom. The fourth-order valence-electron chi connectivity index (χ4n) is 4.62. The highest BCUT2D eigenvalue weighted by Crippen LogP contribution is 2.58. The minimum absolute atomic E-state index is 0.0561. The van der Waals surface area contributed by atoms with Crippen molar-refractivity contribution < 1.29 is 19.3 Å². The van der Waals surface area contributed by atoms with E-state index in [9.17, 15) is 5.11 Å². The molecule has 4 unspecified atom stereocenters. The highest BCUT2D eigenvalue weighted by molar-refractivity contribution is 5.25. The van der Waals surface area contributed by atoms with Crippen molar-refractivity contribution in [1.82, 2.24) is 4.90 Å². The Balaban J connectivity index is 1.68. The average molecular weight is 281 g/mol. The van der Waals surface area contributed by atoms with E-state index in [0.717, 1.165) is 31.6 Å². The molecule has 0 amide bonds. The van der Waals surface area contributed by atoms with Crippen molar-refractivity contribution in [3.63, 3.8) is 0 Å². The number of hydrogen-bond donors (Lipinski definition) is 1. The van der Waals surface area contributed by atoms with Crippen molar-refractivity contribution in [1.29, 1.82) is 0 Å². The first-order valence-electron chi connectivity index (χ1n) is 7.61. The molecule has 5 rings (SSSR count). The Kier molecular flexibility index (Phi) is 2.98. The van der Waals surface area contributed by atoms with Crippen molar-refractivity contribution in [2.45, 2.75) is 43.5 Å². The molecule has 5 aliphatic rings. The van der Waals surface area contributed by atoms with Crippen molar-refractivity contribution in [2.75, 3.05) is 26.7 Å². The number of hydrogen-bond acceptors (Lipinski definition) is 5. The van der Waals surface area contributed by atoms with Crippen LogP contribution in [0.15, 0.2) is 12.2 Å². The summed E-state index contributed by atoms with van der Waals surface area (Å²) >= 11 is 0. The summed E-state index contributed by atoms with van der Waals surface area (Å²) in [4.78, 5) is 2.40. The Morgan fingerprint density at radius 3 is 2.90 bits per heavy atom. The molecule has 0 radical (unpaired) electrons. The van der Waals surface area contributed by atoms with E-state index in [2.05, 4.69) is 11.5 Å². The Morgan fingerprint density at radius 1 is 1.45 bits per heavy atom. The van der Waals surface area contributed by atoms with E-state index >= 15 is 0 Å². The Bertz CT molecular complexity index is 422. The number of aliphatic hydroxyl groups excluding tert-OH is 1. The minimum Gasteiger partial charge on any atom is -0.390 e. The van der Waals surface area contributed by atoms with Crippen LogP contribution in [0.4, 0.5) is 0 Å². The molecule has 0 aromatic carbocycles. The number of fused-ring (bicyclic) bond motifs is 1. The first kappa shape index (κ1) is 13.2. The third kappa shape index (κ3) is 1.61. The zero-order valence-corrected chi connectivity index (χ0v) is 12.0. The van der Waals surface area contributed by atoms with E-state index in [-0.39, 0.29) is 18.1 Å². The van der Waals surface area contributed by atoms with Crippen LogP contribution in [-0.2, 0) is 14.2 Å². The predicted molar refractivity (Wildman–Crippen MR) is 71.9 cm³/mol. The lowest BCUT2D eigenvalue weighted by Crippen LogP contribution is -2.66. The van der Waals surface area contributed by atoms with Gasteiger partial charge in [-0.15, -0.1) is 0 Å². The highest BCUT2D eigenvalue weighted by Gasteiger charge is 2.68. The van der Waals surface area contributed by atoms with Gasteiger partial charge in [-0.2, -0.15) is 0 Å². The van der Waals surface area contributed by atoms with E-state index in [1.54, 1.807) is 7.11 Å². The van der Waals surface area contributed by atoms with Crippen LogP contribution in [0.25, 0.3) is 0 Å². The van der Waals surface area contributed by atoms with Gasteiger partial charge in [-0.1, -0.05) is 6.58 Å².